The lowest BCUT2D eigenvalue weighted by atomic mass is 9.98. The van der Waals surface area contributed by atoms with E-state index in [0.29, 0.717) is 0 Å². The summed E-state index contributed by atoms with van der Waals surface area (Å²) in [5, 5.41) is 0. The Hall–Kier alpha value is -0.920. The van der Waals surface area contributed by atoms with Crippen LogP contribution >= 0.6 is 0 Å². The largest absolute Gasteiger partial charge is 0.241 e. The maximum atomic E-state index is 4.48. The quantitative estimate of drug-likeness (QED) is 0.751. The SMILES string of the molecule is c1nc(C2CCCC2)cc(C2CCCC2)n1. The lowest BCUT2D eigenvalue weighted by Crippen LogP contribution is -2.02. The van der Waals surface area contributed by atoms with Crippen molar-refractivity contribution in [3.05, 3.63) is 23.8 Å². The molecule has 0 spiro atoms. The van der Waals surface area contributed by atoms with Crippen LogP contribution in [-0.4, -0.2) is 9.97 Å². The van der Waals surface area contributed by atoms with Gasteiger partial charge in [0.05, 0.1) is 0 Å². The highest BCUT2D eigenvalue weighted by atomic mass is 14.8. The predicted octanol–water partition coefficient (Wildman–Crippen LogP) is 3.79. The van der Waals surface area contributed by atoms with Crippen LogP contribution in [0.3, 0.4) is 0 Å². The van der Waals surface area contributed by atoms with E-state index in [-0.39, 0.29) is 0 Å². The molecule has 0 N–H and O–H groups in total. The van der Waals surface area contributed by atoms with Crippen LogP contribution in [0.2, 0.25) is 0 Å². The van der Waals surface area contributed by atoms with Gasteiger partial charge in [0.1, 0.15) is 6.33 Å². The number of hydrogen-bond acceptors (Lipinski definition) is 2. The van der Waals surface area contributed by atoms with Crippen LogP contribution < -0.4 is 0 Å². The topological polar surface area (TPSA) is 25.8 Å². The summed E-state index contributed by atoms with van der Waals surface area (Å²) in [7, 11) is 0. The number of rotatable bonds is 2. The van der Waals surface area contributed by atoms with Gasteiger partial charge in [-0.25, -0.2) is 9.97 Å². The molecular formula is C14H20N2. The molecule has 0 amide bonds. The molecule has 2 saturated carbocycles. The van der Waals surface area contributed by atoms with Crippen molar-refractivity contribution in [3.63, 3.8) is 0 Å². The summed E-state index contributed by atoms with van der Waals surface area (Å²) in [6.07, 6.45) is 12.7. The molecule has 1 heterocycles. The van der Waals surface area contributed by atoms with Gasteiger partial charge in [-0.2, -0.15) is 0 Å². The summed E-state index contributed by atoms with van der Waals surface area (Å²) < 4.78 is 0. The van der Waals surface area contributed by atoms with Crippen LogP contribution in [0.1, 0.15) is 74.6 Å². The van der Waals surface area contributed by atoms with E-state index in [1.165, 1.54) is 62.8 Å². The zero-order valence-corrected chi connectivity index (χ0v) is 9.86. The highest BCUT2D eigenvalue weighted by Crippen LogP contribution is 2.36. The smallest absolute Gasteiger partial charge is 0.115 e. The second-order valence-electron chi connectivity index (χ2n) is 5.33. The van der Waals surface area contributed by atoms with Gasteiger partial charge in [-0.05, 0) is 31.7 Å². The molecule has 2 nitrogen and oxygen atoms in total. The van der Waals surface area contributed by atoms with Gasteiger partial charge < -0.3 is 0 Å². The summed E-state index contributed by atoms with van der Waals surface area (Å²) in [4.78, 5) is 8.96. The van der Waals surface area contributed by atoms with E-state index >= 15 is 0 Å². The van der Waals surface area contributed by atoms with Crippen molar-refractivity contribution in [1.82, 2.24) is 9.97 Å². The Bertz CT molecular complexity index is 318. The van der Waals surface area contributed by atoms with Crippen LogP contribution in [0, 0.1) is 0 Å². The zero-order chi connectivity index (χ0) is 10.8. The molecule has 0 unspecified atom stereocenters. The average molecular weight is 216 g/mol. The minimum Gasteiger partial charge on any atom is -0.241 e. The first-order valence-electron chi connectivity index (χ1n) is 6.75. The Balaban J connectivity index is 1.81. The monoisotopic (exact) mass is 216 g/mol. The van der Waals surface area contributed by atoms with Gasteiger partial charge in [0.15, 0.2) is 0 Å². The number of nitrogens with zero attached hydrogens (tertiary/aromatic N) is 2. The Kier molecular flexibility index (Phi) is 2.90. The molecule has 2 heteroatoms. The number of aromatic nitrogens is 2. The summed E-state index contributed by atoms with van der Waals surface area (Å²) in [5.41, 5.74) is 2.63. The van der Waals surface area contributed by atoms with Crippen LogP contribution in [0.25, 0.3) is 0 Å². The van der Waals surface area contributed by atoms with Crippen molar-refractivity contribution in [2.24, 2.45) is 0 Å². The van der Waals surface area contributed by atoms with E-state index < -0.39 is 0 Å². The van der Waals surface area contributed by atoms with E-state index in [2.05, 4.69) is 16.0 Å². The molecule has 86 valence electrons. The van der Waals surface area contributed by atoms with Gasteiger partial charge in [0, 0.05) is 23.2 Å². The van der Waals surface area contributed by atoms with Crippen molar-refractivity contribution >= 4 is 0 Å². The third kappa shape index (κ3) is 1.98. The second-order valence-corrected chi connectivity index (χ2v) is 5.33. The van der Waals surface area contributed by atoms with Crippen molar-refractivity contribution < 1.29 is 0 Å². The Morgan fingerprint density at radius 1 is 0.750 bits per heavy atom. The molecule has 0 bridgehead atoms. The molecule has 0 saturated heterocycles. The van der Waals surface area contributed by atoms with Crippen molar-refractivity contribution in [2.75, 3.05) is 0 Å². The average Bonchev–Trinajstić information content (AvgIpc) is 3.03. The predicted molar refractivity (Wildman–Crippen MR) is 64.5 cm³/mol. The highest BCUT2D eigenvalue weighted by Gasteiger charge is 2.22. The minimum atomic E-state index is 0.725. The van der Waals surface area contributed by atoms with Crippen LogP contribution in [-0.2, 0) is 0 Å². The zero-order valence-electron chi connectivity index (χ0n) is 9.86. The van der Waals surface area contributed by atoms with Gasteiger partial charge in [0.2, 0.25) is 0 Å². The van der Waals surface area contributed by atoms with E-state index in [1.54, 1.807) is 6.33 Å². The van der Waals surface area contributed by atoms with Gasteiger partial charge in [-0.1, -0.05) is 25.7 Å². The molecule has 0 atom stereocenters. The lowest BCUT2D eigenvalue weighted by molar-refractivity contribution is 0.660. The summed E-state index contributed by atoms with van der Waals surface area (Å²) >= 11 is 0. The second kappa shape index (κ2) is 4.52. The Morgan fingerprint density at radius 3 is 1.62 bits per heavy atom. The normalized spacial score (nSPS) is 23.0. The summed E-state index contributed by atoms with van der Waals surface area (Å²) in [6.45, 7) is 0. The molecular weight excluding hydrogens is 196 g/mol. The van der Waals surface area contributed by atoms with Gasteiger partial charge >= 0.3 is 0 Å². The third-order valence-electron chi connectivity index (χ3n) is 4.26. The fourth-order valence-electron chi connectivity index (χ4n) is 3.28. The van der Waals surface area contributed by atoms with Crippen LogP contribution in [0.4, 0.5) is 0 Å². The molecule has 0 aliphatic heterocycles. The standard InChI is InChI=1S/C14H20N2/c1-2-6-11(5-1)13-9-14(16-10-15-13)12-7-3-4-8-12/h9-12H,1-8H2. The Labute approximate surface area is 97.5 Å². The molecule has 3 rings (SSSR count). The highest BCUT2D eigenvalue weighted by molar-refractivity contribution is 5.17. The summed E-state index contributed by atoms with van der Waals surface area (Å²) in [6, 6.07) is 2.30. The van der Waals surface area contributed by atoms with E-state index in [1.807, 2.05) is 0 Å². The first kappa shape index (κ1) is 10.2. The third-order valence-corrected chi connectivity index (χ3v) is 4.26. The van der Waals surface area contributed by atoms with Gasteiger partial charge in [-0.3, -0.25) is 0 Å². The maximum absolute atomic E-state index is 4.48. The van der Waals surface area contributed by atoms with Crippen LogP contribution in [0.5, 0.6) is 0 Å². The molecule has 2 aliphatic carbocycles. The fourth-order valence-corrected chi connectivity index (χ4v) is 3.28. The lowest BCUT2D eigenvalue weighted by Gasteiger charge is -2.12. The molecule has 0 radical (unpaired) electrons. The van der Waals surface area contributed by atoms with Crippen molar-refractivity contribution in [3.8, 4) is 0 Å². The van der Waals surface area contributed by atoms with Crippen LogP contribution in [0.15, 0.2) is 12.4 Å². The summed E-state index contributed by atoms with van der Waals surface area (Å²) in [5.74, 6) is 1.45. The maximum Gasteiger partial charge on any atom is 0.115 e. The minimum absolute atomic E-state index is 0.725. The fraction of sp³-hybridized carbons (Fsp3) is 0.714. The van der Waals surface area contributed by atoms with Crippen molar-refractivity contribution in [1.29, 1.82) is 0 Å². The molecule has 1 aromatic rings. The van der Waals surface area contributed by atoms with Gasteiger partial charge in [0.25, 0.3) is 0 Å². The first-order valence-corrected chi connectivity index (χ1v) is 6.75. The molecule has 0 aromatic carbocycles. The van der Waals surface area contributed by atoms with E-state index in [4.69, 9.17) is 0 Å². The first-order chi connectivity index (χ1) is 7.93. The van der Waals surface area contributed by atoms with Crippen molar-refractivity contribution in [2.45, 2.75) is 63.2 Å². The van der Waals surface area contributed by atoms with Gasteiger partial charge in [-0.15, -0.1) is 0 Å². The van der Waals surface area contributed by atoms with E-state index in [0.717, 1.165) is 11.8 Å². The molecule has 1 aromatic heterocycles. The van der Waals surface area contributed by atoms with E-state index in [9.17, 15) is 0 Å². The molecule has 2 aliphatic rings. The molecule has 16 heavy (non-hydrogen) atoms. The number of hydrogen-bond donors (Lipinski definition) is 0. The Morgan fingerprint density at radius 2 is 1.19 bits per heavy atom. The molecule has 2 fully saturated rings.